The highest BCUT2D eigenvalue weighted by Crippen LogP contribution is 2.43. The zero-order valence-corrected chi connectivity index (χ0v) is 36.8. The van der Waals surface area contributed by atoms with Gasteiger partial charge in [0.15, 0.2) is 0 Å². The van der Waals surface area contributed by atoms with Gasteiger partial charge in [0.05, 0.1) is 50.2 Å². The summed E-state index contributed by atoms with van der Waals surface area (Å²) in [6.07, 6.45) is 0. The van der Waals surface area contributed by atoms with Crippen molar-refractivity contribution in [1.29, 1.82) is 0 Å². The van der Waals surface area contributed by atoms with Gasteiger partial charge in [-0.3, -0.25) is 0 Å². The molecule has 4 nitrogen and oxygen atoms in total. The lowest BCUT2D eigenvalue weighted by Gasteiger charge is -2.15. The van der Waals surface area contributed by atoms with Crippen molar-refractivity contribution >= 4 is 118 Å². The molecular weight excluding hydrogens is 833 g/mol. The predicted molar refractivity (Wildman–Crippen MR) is 284 cm³/mol. The first kappa shape index (κ1) is 36.7. The monoisotopic (exact) mass is 868 g/mol. The zero-order valence-electron chi connectivity index (χ0n) is 36.0. The van der Waals surface area contributed by atoms with E-state index >= 15 is 0 Å². The van der Waals surface area contributed by atoms with Crippen molar-refractivity contribution in [3.05, 3.63) is 218 Å². The van der Waals surface area contributed by atoms with Crippen LogP contribution in [0.1, 0.15) is 0 Å². The van der Waals surface area contributed by atoms with Gasteiger partial charge in [-0.25, -0.2) is 9.97 Å². The van der Waals surface area contributed by atoms with Gasteiger partial charge in [-0.15, -0.1) is 11.3 Å². The largest absolute Gasteiger partial charge is 0.309 e. The minimum absolute atomic E-state index is 0.872. The molecule has 0 bridgehead atoms. The van der Waals surface area contributed by atoms with Gasteiger partial charge in [-0.05, 0) is 106 Å². The van der Waals surface area contributed by atoms with E-state index < -0.39 is 0 Å². The Morgan fingerprint density at radius 1 is 0.313 bits per heavy atom. The van der Waals surface area contributed by atoms with Crippen LogP contribution in [0.4, 0.5) is 0 Å². The van der Waals surface area contributed by atoms with Crippen molar-refractivity contribution in [3.8, 4) is 33.9 Å². The Bertz CT molecular complexity index is 4590. The molecule has 0 fully saturated rings. The van der Waals surface area contributed by atoms with E-state index in [4.69, 9.17) is 9.97 Å². The molecule has 0 aliphatic carbocycles. The molecule has 0 atom stereocenters. The van der Waals surface area contributed by atoms with E-state index in [0.29, 0.717) is 0 Å². The summed E-state index contributed by atoms with van der Waals surface area (Å²) in [5.41, 5.74) is 12.6. The third kappa shape index (κ3) is 5.40. The summed E-state index contributed by atoms with van der Waals surface area (Å²) in [6, 6.07) is 79.8. The number of fused-ring (bicyclic) bond motifs is 14. The SMILES string of the molecule is c1ccc2cc3c(cc2c1)c1ccc(-n2c4ccccc4c4c5ccccc5ccc42)cc1n3-c1cccc2cc(-c3nc4ccccc4nc3-c3ccc4sc5ccccc5c4c3)ccc12. The van der Waals surface area contributed by atoms with Crippen LogP contribution in [0.25, 0.3) is 141 Å². The minimum Gasteiger partial charge on any atom is -0.309 e. The molecule has 5 heteroatoms. The van der Waals surface area contributed by atoms with E-state index in [1.807, 2.05) is 23.5 Å². The van der Waals surface area contributed by atoms with E-state index in [2.05, 4.69) is 215 Å². The molecule has 15 rings (SSSR count). The first-order valence-corrected chi connectivity index (χ1v) is 23.6. The number of para-hydroxylation sites is 3. The Labute approximate surface area is 387 Å². The standard InChI is InChI=1S/C62H36N4S/c1-2-14-39-35-56-49(33-38(39)13-1)46-29-27-43(65-54-21-9-5-18-48(54)60-45-16-4-3-12-37(45)25-30-55(60)65)36-57(46)66(56)53-22-11-15-40-32-41(24-28-44(40)53)61-62(64-52-20-8-7-19-51(52)63-61)42-26-31-59-50(34-42)47-17-6-10-23-58(47)67-59/h1-36H. The summed E-state index contributed by atoms with van der Waals surface area (Å²) in [5, 5.41) is 14.8. The van der Waals surface area contributed by atoms with Gasteiger partial charge in [-0.2, -0.15) is 0 Å². The van der Waals surface area contributed by atoms with Gasteiger partial charge in [0.1, 0.15) is 0 Å². The summed E-state index contributed by atoms with van der Waals surface area (Å²) < 4.78 is 7.50. The van der Waals surface area contributed by atoms with E-state index in [0.717, 1.165) is 61.2 Å². The Morgan fingerprint density at radius 2 is 0.955 bits per heavy atom. The maximum Gasteiger partial charge on any atom is 0.0973 e. The molecule has 0 aliphatic rings. The van der Waals surface area contributed by atoms with Gasteiger partial charge >= 0.3 is 0 Å². The van der Waals surface area contributed by atoms with Gasteiger partial charge in [0.25, 0.3) is 0 Å². The topological polar surface area (TPSA) is 35.6 Å². The molecule has 0 radical (unpaired) electrons. The van der Waals surface area contributed by atoms with Crippen LogP contribution in [-0.4, -0.2) is 19.1 Å². The van der Waals surface area contributed by atoms with Crippen LogP contribution in [-0.2, 0) is 0 Å². The lowest BCUT2D eigenvalue weighted by molar-refractivity contribution is 1.16. The summed E-state index contributed by atoms with van der Waals surface area (Å²) in [4.78, 5) is 10.7. The molecule has 0 unspecified atom stereocenters. The van der Waals surface area contributed by atoms with Crippen molar-refractivity contribution in [2.45, 2.75) is 0 Å². The molecular formula is C62H36N4S. The van der Waals surface area contributed by atoms with E-state index in [1.54, 1.807) is 0 Å². The zero-order chi connectivity index (χ0) is 43.7. The van der Waals surface area contributed by atoms with Gasteiger partial charge in [0.2, 0.25) is 0 Å². The molecule has 0 N–H and O–H groups in total. The molecule has 11 aromatic carbocycles. The fourth-order valence-corrected chi connectivity index (χ4v) is 12.1. The first-order chi connectivity index (χ1) is 33.2. The van der Waals surface area contributed by atoms with Crippen LogP contribution >= 0.6 is 11.3 Å². The molecule has 0 spiro atoms. The maximum absolute atomic E-state index is 5.37. The second-order valence-electron chi connectivity index (χ2n) is 17.7. The highest BCUT2D eigenvalue weighted by molar-refractivity contribution is 7.25. The number of rotatable bonds is 4. The molecule has 0 saturated carbocycles. The highest BCUT2D eigenvalue weighted by Gasteiger charge is 2.21. The molecule has 0 aliphatic heterocycles. The van der Waals surface area contributed by atoms with Crippen LogP contribution in [0, 0.1) is 0 Å². The van der Waals surface area contributed by atoms with Gasteiger partial charge < -0.3 is 9.13 Å². The number of hydrogen-bond acceptors (Lipinski definition) is 3. The highest BCUT2D eigenvalue weighted by atomic mass is 32.1. The maximum atomic E-state index is 5.37. The Kier molecular flexibility index (Phi) is 7.63. The second kappa shape index (κ2) is 13.9. The van der Waals surface area contributed by atoms with Crippen molar-refractivity contribution in [2.75, 3.05) is 0 Å². The average Bonchev–Trinajstić information content (AvgIpc) is 4.04. The molecule has 15 aromatic rings. The number of nitrogens with zero attached hydrogens (tertiary/aromatic N) is 4. The van der Waals surface area contributed by atoms with Crippen molar-refractivity contribution in [2.24, 2.45) is 0 Å². The average molecular weight is 869 g/mol. The number of thiophene rings is 1. The van der Waals surface area contributed by atoms with E-state index in [1.165, 1.54) is 79.8 Å². The molecule has 0 amide bonds. The van der Waals surface area contributed by atoms with Crippen LogP contribution in [0.2, 0.25) is 0 Å². The van der Waals surface area contributed by atoms with Crippen LogP contribution in [0.3, 0.4) is 0 Å². The van der Waals surface area contributed by atoms with Crippen molar-refractivity contribution in [3.63, 3.8) is 0 Å². The van der Waals surface area contributed by atoms with Crippen molar-refractivity contribution in [1.82, 2.24) is 19.1 Å². The lowest BCUT2D eigenvalue weighted by atomic mass is 9.98. The summed E-state index contributed by atoms with van der Waals surface area (Å²) in [5.74, 6) is 0. The molecule has 0 saturated heterocycles. The third-order valence-electron chi connectivity index (χ3n) is 14.0. The third-order valence-corrected chi connectivity index (χ3v) is 15.2. The fraction of sp³-hybridized carbons (Fsp3) is 0. The molecule has 67 heavy (non-hydrogen) atoms. The normalized spacial score (nSPS) is 12.2. The summed E-state index contributed by atoms with van der Waals surface area (Å²) >= 11 is 1.83. The lowest BCUT2D eigenvalue weighted by Crippen LogP contribution is -1.98. The molecule has 4 heterocycles. The minimum atomic E-state index is 0.872. The Hall–Kier alpha value is -8.64. The van der Waals surface area contributed by atoms with Gasteiger partial charge in [-0.1, -0.05) is 140 Å². The fourth-order valence-electron chi connectivity index (χ4n) is 11.0. The van der Waals surface area contributed by atoms with Crippen molar-refractivity contribution < 1.29 is 0 Å². The quantitative estimate of drug-likeness (QED) is 0.177. The number of benzene rings is 11. The number of hydrogen-bond donors (Lipinski definition) is 0. The van der Waals surface area contributed by atoms with Crippen LogP contribution < -0.4 is 0 Å². The Balaban J connectivity index is 0.961. The van der Waals surface area contributed by atoms with Crippen LogP contribution in [0.15, 0.2) is 218 Å². The number of aromatic nitrogens is 4. The predicted octanol–water partition coefficient (Wildman–Crippen LogP) is 17.0. The van der Waals surface area contributed by atoms with Gasteiger partial charge in [0, 0.05) is 63.9 Å². The second-order valence-corrected chi connectivity index (χ2v) is 18.8. The van der Waals surface area contributed by atoms with E-state index in [9.17, 15) is 0 Å². The summed E-state index contributed by atoms with van der Waals surface area (Å²) in [6.45, 7) is 0. The summed E-state index contributed by atoms with van der Waals surface area (Å²) in [7, 11) is 0. The Morgan fingerprint density at radius 3 is 1.81 bits per heavy atom. The van der Waals surface area contributed by atoms with E-state index in [-0.39, 0.29) is 0 Å². The smallest absolute Gasteiger partial charge is 0.0973 e. The molecule has 310 valence electrons. The first-order valence-electron chi connectivity index (χ1n) is 22.8. The molecule has 4 aromatic heterocycles. The van der Waals surface area contributed by atoms with Crippen LogP contribution in [0.5, 0.6) is 0 Å².